The van der Waals surface area contributed by atoms with Crippen LogP contribution in [0.2, 0.25) is 0 Å². The highest BCUT2D eigenvalue weighted by Gasteiger charge is 1.62. The van der Waals surface area contributed by atoms with Gasteiger partial charge in [-0.25, -0.2) is 0 Å². The van der Waals surface area contributed by atoms with Crippen LogP contribution in [0, 0.1) is 5.41 Å². The Morgan fingerprint density at radius 1 is 1.71 bits per heavy atom. The molecule has 1 N–H and O–H groups in total. The Bertz CT molecular complexity index is 47.7. The second-order valence-electron chi connectivity index (χ2n) is 0.740. The number of ether oxygens (including phenoxy) is 1. The molecule has 0 spiro atoms. The van der Waals surface area contributed by atoms with Crippen molar-refractivity contribution in [2.24, 2.45) is 0 Å². The third-order valence-electron chi connectivity index (χ3n) is 0.297. The minimum Gasteiger partial charge on any atom is -0.480 e. The first kappa shape index (κ1) is 9.71. The minimum atomic E-state index is 0. The van der Waals surface area contributed by atoms with E-state index in [9.17, 15) is 0 Å². The fourth-order valence-electron chi connectivity index (χ4n) is 0.116. The van der Waals surface area contributed by atoms with Crippen LogP contribution in [0.4, 0.5) is 0 Å². The molecule has 0 saturated carbocycles. The van der Waals surface area contributed by atoms with E-state index in [1.165, 1.54) is 0 Å². The predicted molar refractivity (Wildman–Crippen MR) is 32.2 cm³/mol. The van der Waals surface area contributed by atoms with E-state index < -0.39 is 0 Å². The summed E-state index contributed by atoms with van der Waals surface area (Å²) in [5.74, 6) is 0. The molecule has 0 unspecified atom stereocenters. The van der Waals surface area contributed by atoms with Gasteiger partial charge in [-0.2, -0.15) is 0 Å². The normalized spacial score (nSPS) is 5.71. The monoisotopic (exact) mass is 121 g/mol. The lowest BCUT2D eigenvalue weighted by Crippen LogP contribution is -1.82. The summed E-state index contributed by atoms with van der Waals surface area (Å²) in [6.07, 6.45) is 2.48. The Hall–Kier alpha value is -0.500. The molecule has 42 valence electrons. The minimum absolute atomic E-state index is 0. The number of hydrogen-bond donors (Lipinski definition) is 1. The number of nitrogens with one attached hydrogen (secondary N) is 1. The van der Waals surface area contributed by atoms with Crippen molar-refractivity contribution in [1.29, 1.82) is 5.41 Å². The van der Waals surface area contributed by atoms with Gasteiger partial charge in [-0.15, -0.1) is 12.4 Å². The summed E-state index contributed by atoms with van der Waals surface area (Å²) >= 11 is 0. The molecular formula is C4H8ClNO. The first-order valence-electron chi connectivity index (χ1n) is 1.63. The van der Waals surface area contributed by atoms with Gasteiger partial charge in [0, 0.05) is 0 Å². The lowest BCUT2D eigenvalue weighted by Gasteiger charge is -1.85. The van der Waals surface area contributed by atoms with Crippen LogP contribution in [0.3, 0.4) is 0 Å². The van der Waals surface area contributed by atoms with Crippen LogP contribution in [-0.4, -0.2) is 13.0 Å². The maximum atomic E-state index is 6.31. The highest BCUT2D eigenvalue weighted by Crippen LogP contribution is 1.63. The van der Waals surface area contributed by atoms with Crippen LogP contribution in [0.25, 0.3) is 0 Å². The Morgan fingerprint density at radius 3 is 2.43 bits per heavy atom. The van der Waals surface area contributed by atoms with Crippen molar-refractivity contribution in [3.8, 4) is 0 Å². The van der Waals surface area contributed by atoms with Gasteiger partial charge >= 0.3 is 0 Å². The SMILES string of the molecule is C=CCOC=N.Cl. The van der Waals surface area contributed by atoms with Crippen LogP contribution in [0.5, 0.6) is 0 Å². The van der Waals surface area contributed by atoms with Gasteiger partial charge in [0.1, 0.15) is 6.61 Å². The van der Waals surface area contributed by atoms with Crippen molar-refractivity contribution in [3.05, 3.63) is 12.7 Å². The molecular weight excluding hydrogens is 114 g/mol. The van der Waals surface area contributed by atoms with Gasteiger partial charge in [-0.05, 0) is 0 Å². The van der Waals surface area contributed by atoms with Crippen molar-refractivity contribution in [3.63, 3.8) is 0 Å². The molecule has 0 rings (SSSR count). The molecule has 0 aliphatic carbocycles. The fourth-order valence-corrected chi connectivity index (χ4v) is 0.116. The standard InChI is InChI=1S/C4H7NO.ClH/c1-2-3-6-4-5;/h2,4-5H,1,3H2;1H. The lowest BCUT2D eigenvalue weighted by molar-refractivity contribution is 0.365. The van der Waals surface area contributed by atoms with Crippen molar-refractivity contribution >= 4 is 18.8 Å². The van der Waals surface area contributed by atoms with Crippen molar-refractivity contribution < 1.29 is 4.74 Å². The summed E-state index contributed by atoms with van der Waals surface area (Å²) in [4.78, 5) is 0. The zero-order chi connectivity index (χ0) is 4.83. The Kier molecular flexibility index (Phi) is 12.6. The Morgan fingerprint density at radius 2 is 2.29 bits per heavy atom. The van der Waals surface area contributed by atoms with Gasteiger partial charge < -0.3 is 4.74 Å². The highest BCUT2D eigenvalue weighted by molar-refractivity contribution is 5.85. The van der Waals surface area contributed by atoms with E-state index >= 15 is 0 Å². The molecule has 0 saturated heterocycles. The molecule has 0 heterocycles. The second kappa shape index (κ2) is 9.09. The molecule has 0 atom stereocenters. The van der Waals surface area contributed by atoms with E-state index in [2.05, 4.69) is 11.3 Å². The zero-order valence-electron chi connectivity index (χ0n) is 3.89. The summed E-state index contributed by atoms with van der Waals surface area (Å²) in [5.41, 5.74) is 0. The van der Waals surface area contributed by atoms with Crippen LogP contribution < -0.4 is 0 Å². The molecule has 0 aliphatic rings. The molecule has 0 bridgehead atoms. The average Bonchev–Trinajstić information content (AvgIpc) is 1.61. The number of hydrogen-bond acceptors (Lipinski definition) is 2. The quantitative estimate of drug-likeness (QED) is 0.259. The second-order valence-corrected chi connectivity index (χ2v) is 0.740. The maximum Gasteiger partial charge on any atom is 0.167 e. The van der Waals surface area contributed by atoms with Crippen molar-refractivity contribution in [2.45, 2.75) is 0 Å². The summed E-state index contributed by atoms with van der Waals surface area (Å²) in [7, 11) is 0. The topological polar surface area (TPSA) is 33.1 Å². The van der Waals surface area contributed by atoms with Gasteiger partial charge in [0.05, 0.1) is 0 Å². The van der Waals surface area contributed by atoms with Crippen LogP contribution >= 0.6 is 12.4 Å². The van der Waals surface area contributed by atoms with E-state index in [1.807, 2.05) is 0 Å². The molecule has 3 heteroatoms. The van der Waals surface area contributed by atoms with E-state index in [-0.39, 0.29) is 12.4 Å². The van der Waals surface area contributed by atoms with Crippen LogP contribution in [0.1, 0.15) is 0 Å². The van der Waals surface area contributed by atoms with Gasteiger partial charge in [0.15, 0.2) is 6.40 Å². The zero-order valence-corrected chi connectivity index (χ0v) is 4.70. The number of halogens is 1. The van der Waals surface area contributed by atoms with Gasteiger partial charge in [-0.1, -0.05) is 12.7 Å². The molecule has 0 aromatic rings. The van der Waals surface area contributed by atoms with Crippen molar-refractivity contribution in [2.75, 3.05) is 6.61 Å². The molecule has 0 aliphatic heterocycles. The average molecular weight is 122 g/mol. The Balaban J connectivity index is 0. The van der Waals surface area contributed by atoms with E-state index in [1.54, 1.807) is 6.08 Å². The first-order chi connectivity index (χ1) is 2.91. The first-order valence-corrected chi connectivity index (χ1v) is 1.63. The van der Waals surface area contributed by atoms with Gasteiger partial charge in [0.25, 0.3) is 0 Å². The van der Waals surface area contributed by atoms with Crippen LogP contribution in [0.15, 0.2) is 12.7 Å². The summed E-state index contributed by atoms with van der Waals surface area (Å²) in [6.45, 7) is 3.80. The molecule has 0 aromatic carbocycles. The highest BCUT2D eigenvalue weighted by atomic mass is 35.5. The molecule has 0 aromatic heterocycles. The predicted octanol–water partition coefficient (Wildman–Crippen LogP) is 1.22. The number of rotatable bonds is 3. The van der Waals surface area contributed by atoms with Crippen LogP contribution in [-0.2, 0) is 4.74 Å². The Labute approximate surface area is 49.1 Å². The molecule has 0 radical (unpaired) electrons. The van der Waals surface area contributed by atoms with E-state index in [0.29, 0.717) is 6.61 Å². The summed E-state index contributed by atoms with van der Waals surface area (Å²) in [6, 6.07) is 0. The third kappa shape index (κ3) is 10.8. The summed E-state index contributed by atoms with van der Waals surface area (Å²) < 4.78 is 4.41. The largest absolute Gasteiger partial charge is 0.480 e. The third-order valence-corrected chi connectivity index (χ3v) is 0.297. The molecule has 0 amide bonds. The maximum absolute atomic E-state index is 6.31. The smallest absolute Gasteiger partial charge is 0.167 e. The fraction of sp³-hybridized carbons (Fsp3) is 0.250. The summed E-state index contributed by atoms with van der Waals surface area (Å²) in [5, 5.41) is 6.31. The van der Waals surface area contributed by atoms with Crippen molar-refractivity contribution in [1.82, 2.24) is 0 Å². The molecule has 0 fully saturated rings. The van der Waals surface area contributed by atoms with E-state index in [4.69, 9.17) is 5.41 Å². The van der Waals surface area contributed by atoms with E-state index in [0.717, 1.165) is 6.40 Å². The molecule has 2 nitrogen and oxygen atoms in total. The van der Waals surface area contributed by atoms with Gasteiger partial charge in [0.2, 0.25) is 0 Å². The lowest BCUT2D eigenvalue weighted by atomic mass is 10.7. The molecule has 7 heavy (non-hydrogen) atoms. The van der Waals surface area contributed by atoms with Gasteiger partial charge in [-0.3, -0.25) is 5.41 Å².